The van der Waals surface area contributed by atoms with Gasteiger partial charge in [0.15, 0.2) is 5.43 Å². The third-order valence-electron chi connectivity index (χ3n) is 2.81. The van der Waals surface area contributed by atoms with E-state index in [4.69, 9.17) is 5.73 Å². The van der Waals surface area contributed by atoms with Crippen LogP contribution in [0, 0.1) is 0 Å². The normalized spacial score (nSPS) is 10.3. The molecule has 0 atom stereocenters. The number of benzene rings is 1. The van der Waals surface area contributed by atoms with Crippen molar-refractivity contribution in [2.75, 3.05) is 16.8 Å². The van der Waals surface area contributed by atoms with Crippen LogP contribution in [0.4, 0.5) is 11.4 Å². The van der Waals surface area contributed by atoms with Crippen LogP contribution in [0.15, 0.2) is 46.3 Å². The van der Waals surface area contributed by atoms with E-state index >= 15 is 0 Å². The van der Waals surface area contributed by atoms with Crippen molar-refractivity contribution in [3.05, 3.63) is 52.4 Å². The van der Waals surface area contributed by atoms with E-state index < -0.39 is 5.91 Å². The predicted octanol–water partition coefficient (Wildman–Crippen LogP) is 2.71. The summed E-state index contributed by atoms with van der Waals surface area (Å²) in [7, 11) is 0. The average Bonchev–Trinajstić information content (AvgIpc) is 2.48. The van der Waals surface area contributed by atoms with Gasteiger partial charge in [-0.3, -0.25) is 9.59 Å². The molecule has 4 N–H and O–H groups in total. The fraction of sp³-hybridized carbons (Fsp3) is 0.200. The van der Waals surface area contributed by atoms with Crippen LogP contribution in [0.3, 0.4) is 0 Å². The second kappa shape index (κ2) is 6.99. The summed E-state index contributed by atoms with van der Waals surface area (Å²) in [6.45, 7) is 2.11. The van der Waals surface area contributed by atoms with Crippen LogP contribution in [0.2, 0.25) is 0 Å². The molecule has 110 valence electrons. The highest BCUT2D eigenvalue weighted by molar-refractivity contribution is 7.99. The zero-order valence-electron chi connectivity index (χ0n) is 11.7. The van der Waals surface area contributed by atoms with Crippen molar-refractivity contribution in [2.45, 2.75) is 18.2 Å². The number of carbonyl (C=O) groups excluding carboxylic acids is 1. The molecule has 2 rings (SSSR count). The van der Waals surface area contributed by atoms with Gasteiger partial charge in [0.2, 0.25) is 0 Å². The molecule has 1 aromatic heterocycles. The molecular formula is C15H17N3O2S. The number of pyridine rings is 1. The standard InChI is InChI=1S/C15H17N3O2S/c1-2-7-21-10-3-4-12(16)13(8-10)18-15(20)11-9-17-6-5-14(11)19/h3-6,8-9H,2,7,16H2,1H3,(H,17,19)(H,18,20). The fourth-order valence-corrected chi connectivity index (χ4v) is 2.54. The summed E-state index contributed by atoms with van der Waals surface area (Å²) in [6.07, 6.45) is 3.93. The Morgan fingerprint density at radius 2 is 2.19 bits per heavy atom. The van der Waals surface area contributed by atoms with Gasteiger partial charge in [-0.2, -0.15) is 0 Å². The van der Waals surface area contributed by atoms with Crippen LogP contribution in [0.25, 0.3) is 0 Å². The number of nitrogen functional groups attached to an aromatic ring is 1. The maximum atomic E-state index is 12.1. The van der Waals surface area contributed by atoms with Crippen LogP contribution >= 0.6 is 11.8 Å². The summed E-state index contributed by atoms with van der Waals surface area (Å²) in [5.41, 5.74) is 6.59. The van der Waals surface area contributed by atoms with Gasteiger partial charge >= 0.3 is 0 Å². The Morgan fingerprint density at radius 3 is 2.90 bits per heavy atom. The summed E-state index contributed by atoms with van der Waals surface area (Å²) in [5.74, 6) is 0.525. The highest BCUT2D eigenvalue weighted by Crippen LogP contribution is 2.27. The van der Waals surface area contributed by atoms with Gasteiger partial charge in [-0.15, -0.1) is 11.8 Å². The fourth-order valence-electron chi connectivity index (χ4n) is 1.74. The van der Waals surface area contributed by atoms with Crippen LogP contribution in [-0.2, 0) is 0 Å². The first-order valence-electron chi connectivity index (χ1n) is 6.62. The quantitative estimate of drug-likeness (QED) is 0.585. The lowest BCUT2D eigenvalue weighted by molar-refractivity contribution is 0.102. The summed E-state index contributed by atoms with van der Waals surface area (Å²) < 4.78 is 0. The molecule has 0 saturated heterocycles. The molecule has 5 nitrogen and oxygen atoms in total. The number of rotatable bonds is 5. The Kier molecular flexibility index (Phi) is 5.05. The molecule has 2 aromatic rings. The smallest absolute Gasteiger partial charge is 0.261 e. The minimum atomic E-state index is -0.471. The molecule has 0 unspecified atom stereocenters. The third kappa shape index (κ3) is 3.88. The number of anilines is 2. The first-order chi connectivity index (χ1) is 10.1. The number of thioether (sulfide) groups is 1. The third-order valence-corrected chi connectivity index (χ3v) is 4.01. The average molecular weight is 303 g/mol. The van der Waals surface area contributed by atoms with Crippen LogP contribution in [-0.4, -0.2) is 16.6 Å². The first kappa shape index (κ1) is 15.2. The summed E-state index contributed by atoms with van der Waals surface area (Å²) in [6, 6.07) is 6.81. The van der Waals surface area contributed by atoms with E-state index in [-0.39, 0.29) is 11.0 Å². The van der Waals surface area contributed by atoms with E-state index in [1.54, 1.807) is 17.8 Å². The molecule has 0 aliphatic carbocycles. The Hall–Kier alpha value is -2.21. The number of amides is 1. The van der Waals surface area contributed by atoms with Crippen molar-refractivity contribution in [3.63, 3.8) is 0 Å². The molecule has 0 aliphatic heterocycles. The van der Waals surface area contributed by atoms with Crippen molar-refractivity contribution in [1.29, 1.82) is 0 Å². The van der Waals surface area contributed by atoms with E-state index in [0.29, 0.717) is 11.4 Å². The van der Waals surface area contributed by atoms with Gasteiger partial charge in [-0.25, -0.2) is 0 Å². The Labute approximate surface area is 127 Å². The van der Waals surface area contributed by atoms with Crippen LogP contribution < -0.4 is 16.5 Å². The van der Waals surface area contributed by atoms with Crippen molar-refractivity contribution >= 4 is 29.0 Å². The number of nitrogens with two attached hydrogens (primary N) is 1. The molecule has 0 radical (unpaired) electrons. The lowest BCUT2D eigenvalue weighted by Gasteiger charge is -2.10. The molecule has 1 heterocycles. The molecular weight excluding hydrogens is 286 g/mol. The van der Waals surface area contributed by atoms with Gasteiger partial charge in [0.25, 0.3) is 5.91 Å². The lowest BCUT2D eigenvalue weighted by atomic mass is 10.2. The largest absolute Gasteiger partial charge is 0.397 e. The molecule has 0 fully saturated rings. The van der Waals surface area contributed by atoms with Crippen LogP contribution in [0.1, 0.15) is 23.7 Å². The van der Waals surface area contributed by atoms with Gasteiger partial charge in [-0.1, -0.05) is 6.92 Å². The summed E-state index contributed by atoms with van der Waals surface area (Å²) in [4.78, 5) is 27.5. The zero-order chi connectivity index (χ0) is 15.2. The molecule has 0 spiro atoms. The van der Waals surface area contributed by atoms with E-state index in [0.717, 1.165) is 17.1 Å². The Morgan fingerprint density at radius 1 is 1.38 bits per heavy atom. The maximum absolute atomic E-state index is 12.1. The molecule has 6 heteroatoms. The molecule has 1 aromatic carbocycles. The number of nitrogens with one attached hydrogen (secondary N) is 2. The Balaban J connectivity index is 2.21. The highest BCUT2D eigenvalue weighted by Gasteiger charge is 2.11. The van der Waals surface area contributed by atoms with E-state index in [9.17, 15) is 9.59 Å². The van der Waals surface area contributed by atoms with Crippen LogP contribution in [0.5, 0.6) is 0 Å². The van der Waals surface area contributed by atoms with Gasteiger partial charge in [0.1, 0.15) is 5.56 Å². The number of hydrogen-bond donors (Lipinski definition) is 3. The highest BCUT2D eigenvalue weighted by atomic mass is 32.2. The molecule has 1 amide bonds. The van der Waals surface area contributed by atoms with Gasteiger partial charge in [0, 0.05) is 23.4 Å². The number of aromatic nitrogens is 1. The van der Waals surface area contributed by atoms with Gasteiger partial charge in [0.05, 0.1) is 11.4 Å². The second-order valence-electron chi connectivity index (χ2n) is 4.47. The van der Waals surface area contributed by atoms with Gasteiger partial charge in [-0.05, 0) is 30.4 Å². The predicted molar refractivity (Wildman–Crippen MR) is 86.9 cm³/mol. The van der Waals surface area contributed by atoms with Crippen molar-refractivity contribution in [1.82, 2.24) is 4.98 Å². The topological polar surface area (TPSA) is 88.0 Å². The summed E-state index contributed by atoms with van der Waals surface area (Å²) in [5, 5.41) is 2.69. The molecule has 0 saturated carbocycles. The SMILES string of the molecule is CCCSc1ccc(N)c(NC(=O)c2c[nH]ccc2=O)c1. The molecule has 0 bridgehead atoms. The van der Waals surface area contributed by atoms with E-state index in [1.165, 1.54) is 18.5 Å². The van der Waals surface area contributed by atoms with E-state index in [2.05, 4.69) is 17.2 Å². The number of aromatic amines is 1. The maximum Gasteiger partial charge on any atom is 0.261 e. The minimum Gasteiger partial charge on any atom is -0.397 e. The van der Waals surface area contributed by atoms with Crippen molar-refractivity contribution in [2.24, 2.45) is 0 Å². The molecule has 21 heavy (non-hydrogen) atoms. The molecule has 0 aliphatic rings. The number of H-pyrrole nitrogens is 1. The lowest BCUT2D eigenvalue weighted by Crippen LogP contribution is -2.21. The Bertz CT molecular complexity index is 697. The zero-order valence-corrected chi connectivity index (χ0v) is 12.5. The summed E-state index contributed by atoms with van der Waals surface area (Å²) >= 11 is 1.69. The minimum absolute atomic E-state index is 0.0588. The van der Waals surface area contributed by atoms with Crippen molar-refractivity contribution in [3.8, 4) is 0 Å². The van der Waals surface area contributed by atoms with E-state index in [1.807, 2.05) is 12.1 Å². The van der Waals surface area contributed by atoms with Crippen molar-refractivity contribution < 1.29 is 4.79 Å². The van der Waals surface area contributed by atoms with Gasteiger partial charge < -0.3 is 16.0 Å². The second-order valence-corrected chi connectivity index (χ2v) is 5.64. The first-order valence-corrected chi connectivity index (χ1v) is 7.61. The number of carbonyl (C=O) groups is 1. The monoisotopic (exact) mass is 303 g/mol. The number of hydrogen-bond acceptors (Lipinski definition) is 4.